The van der Waals surface area contributed by atoms with Gasteiger partial charge in [-0.2, -0.15) is 0 Å². The number of esters is 1. The summed E-state index contributed by atoms with van der Waals surface area (Å²) in [6.07, 6.45) is 0. The molecule has 6 heteroatoms. The zero-order valence-corrected chi connectivity index (χ0v) is 14.5. The van der Waals surface area contributed by atoms with Crippen LogP contribution >= 0.6 is 11.8 Å². The smallest absolute Gasteiger partial charge is 0.337 e. The van der Waals surface area contributed by atoms with Gasteiger partial charge >= 0.3 is 12.0 Å². The highest BCUT2D eigenvalue weighted by Crippen LogP contribution is 2.24. The first-order valence-corrected chi connectivity index (χ1v) is 8.66. The number of benzene rings is 1. The van der Waals surface area contributed by atoms with Crippen molar-refractivity contribution in [1.29, 1.82) is 0 Å². The Labute approximate surface area is 140 Å². The molecule has 0 aliphatic carbocycles. The van der Waals surface area contributed by atoms with E-state index in [4.69, 9.17) is 4.74 Å². The largest absolute Gasteiger partial charge is 0.463 e. The fourth-order valence-corrected chi connectivity index (χ4v) is 3.06. The van der Waals surface area contributed by atoms with Gasteiger partial charge in [0.2, 0.25) is 0 Å². The minimum atomic E-state index is -0.384. The molecule has 1 aromatic carbocycles. The molecule has 1 heterocycles. The van der Waals surface area contributed by atoms with Crippen molar-refractivity contribution in [1.82, 2.24) is 10.6 Å². The molecule has 2 rings (SSSR count). The first-order chi connectivity index (χ1) is 11.0. The van der Waals surface area contributed by atoms with Gasteiger partial charge in [-0.15, -0.1) is 11.8 Å². The Morgan fingerprint density at radius 1 is 1.30 bits per heavy atom. The fraction of sp³-hybridized carbons (Fsp3) is 0.412. The minimum absolute atomic E-state index is 0.201. The summed E-state index contributed by atoms with van der Waals surface area (Å²) in [5.74, 6) is 0.629. The lowest BCUT2D eigenvalue weighted by Crippen LogP contribution is -2.44. The van der Waals surface area contributed by atoms with Gasteiger partial charge in [-0.25, -0.2) is 9.59 Å². The predicted molar refractivity (Wildman–Crippen MR) is 91.4 cm³/mol. The number of nitrogens with one attached hydrogen (secondary N) is 2. The Bertz CT molecular complexity index is 609. The van der Waals surface area contributed by atoms with Crippen LogP contribution in [0, 0.1) is 0 Å². The molecule has 23 heavy (non-hydrogen) atoms. The van der Waals surface area contributed by atoms with Gasteiger partial charge in [-0.05, 0) is 30.5 Å². The number of hydrogen-bond acceptors (Lipinski definition) is 4. The molecule has 0 atom stereocenters. The Morgan fingerprint density at radius 3 is 2.61 bits per heavy atom. The first-order valence-electron chi connectivity index (χ1n) is 7.68. The van der Waals surface area contributed by atoms with Crippen molar-refractivity contribution in [2.24, 2.45) is 0 Å². The van der Waals surface area contributed by atoms with Crippen LogP contribution in [0.4, 0.5) is 4.79 Å². The molecule has 5 nitrogen and oxygen atoms in total. The molecule has 0 saturated heterocycles. The van der Waals surface area contributed by atoms with E-state index in [9.17, 15) is 9.59 Å². The van der Waals surface area contributed by atoms with Crippen LogP contribution in [0.15, 0.2) is 40.4 Å². The highest BCUT2D eigenvalue weighted by molar-refractivity contribution is 7.99. The summed E-state index contributed by atoms with van der Waals surface area (Å²) in [6.45, 7) is 6.59. The van der Waals surface area contributed by atoms with E-state index in [-0.39, 0.29) is 18.5 Å². The van der Waals surface area contributed by atoms with Gasteiger partial charge in [0, 0.05) is 16.3 Å². The molecule has 0 fully saturated rings. The number of carbonyl (C=O) groups excluding carboxylic acids is 2. The molecular weight excluding hydrogens is 312 g/mol. The summed E-state index contributed by atoms with van der Waals surface area (Å²) in [7, 11) is 0. The number of ether oxygens (including phenoxy) is 1. The number of rotatable bonds is 6. The molecule has 0 aromatic heterocycles. The second-order valence-electron chi connectivity index (χ2n) is 5.50. The monoisotopic (exact) mass is 334 g/mol. The second kappa shape index (κ2) is 8.06. The van der Waals surface area contributed by atoms with E-state index in [1.165, 1.54) is 5.56 Å². The van der Waals surface area contributed by atoms with Crippen LogP contribution in [0.2, 0.25) is 0 Å². The van der Waals surface area contributed by atoms with E-state index in [0.717, 1.165) is 4.90 Å². The molecular formula is C17H22N2O3S. The highest BCUT2D eigenvalue weighted by atomic mass is 32.2. The quantitative estimate of drug-likeness (QED) is 0.620. The Kier molecular flexibility index (Phi) is 6.10. The minimum Gasteiger partial charge on any atom is -0.463 e. The third-order valence-electron chi connectivity index (χ3n) is 3.51. The van der Waals surface area contributed by atoms with Crippen molar-refractivity contribution in [2.75, 3.05) is 18.9 Å². The van der Waals surface area contributed by atoms with Gasteiger partial charge in [-0.1, -0.05) is 26.0 Å². The van der Waals surface area contributed by atoms with E-state index in [1.54, 1.807) is 18.7 Å². The molecule has 124 valence electrons. The van der Waals surface area contributed by atoms with Gasteiger partial charge < -0.3 is 15.4 Å². The molecule has 1 aliphatic heterocycles. The van der Waals surface area contributed by atoms with Crippen molar-refractivity contribution in [3.05, 3.63) is 41.1 Å². The number of thioether (sulfide) groups is 1. The van der Waals surface area contributed by atoms with E-state index in [0.29, 0.717) is 29.5 Å². The van der Waals surface area contributed by atoms with Crippen molar-refractivity contribution in [2.45, 2.75) is 31.6 Å². The van der Waals surface area contributed by atoms with Crippen molar-refractivity contribution < 1.29 is 14.3 Å². The number of amides is 2. The van der Waals surface area contributed by atoms with Gasteiger partial charge in [0.25, 0.3) is 0 Å². The third kappa shape index (κ3) is 4.76. The van der Waals surface area contributed by atoms with Crippen molar-refractivity contribution in [3.63, 3.8) is 0 Å². The molecule has 0 spiro atoms. The van der Waals surface area contributed by atoms with Crippen molar-refractivity contribution in [3.8, 4) is 0 Å². The van der Waals surface area contributed by atoms with E-state index < -0.39 is 0 Å². The van der Waals surface area contributed by atoms with Crippen molar-refractivity contribution >= 4 is 23.8 Å². The molecule has 0 radical (unpaired) electrons. The Morgan fingerprint density at radius 2 is 2.00 bits per heavy atom. The SMILES string of the molecule is CCOC(=O)C1=C(CSc2ccc(C(C)C)cc2)NC(=O)NC1. The van der Waals surface area contributed by atoms with Crippen LogP contribution in [-0.4, -0.2) is 30.9 Å². The van der Waals surface area contributed by atoms with E-state index in [2.05, 4.69) is 48.7 Å². The van der Waals surface area contributed by atoms with Crippen LogP contribution in [0.1, 0.15) is 32.3 Å². The van der Waals surface area contributed by atoms with E-state index in [1.807, 2.05) is 0 Å². The van der Waals surface area contributed by atoms with Gasteiger partial charge in [0.15, 0.2) is 0 Å². The lowest BCUT2D eigenvalue weighted by Gasteiger charge is -2.21. The zero-order valence-electron chi connectivity index (χ0n) is 13.6. The molecule has 0 bridgehead atoms. The molecule has 2 amide bonds. The number of carbonyl (C=O) groups is 2. The maximum atomic E-state index is 12.0. The summed E-state index contributed by atoms with van der Waals surface area (Å²) in [5, 5.41) is 5.32. The average Bonchev–Trinajstić information content (AvgIpc) is 2.53. The number of hydrogen-bond donors (Lipinski definition) is 2. The van der Waals surface area contributed by atoms with Crippen LogP contribution in [0.5, 0.6) is 0 Å². The Balaban J connectivity index is 2.08. The molecule has 1 aliphatic rings. The standard InChI is InChI=1S/C17H22N2O3S/c1-4-22-16(20)14-9-18-17(21)19-15(14)10-23-13-7-5-12(6-8-13)11(2)3/h5-8,11H,4,9-10H2,1-3H3,(H2,18,19,21). The summed E-state index contributed by atoms with van der Waals surface area (Å²) in [4.78, 5) is 24.6. The average molecular weight is 334 g/mol. The zero-order chi connectivity index (χ0) is 16.8. The first kappa shape index (κ1) is 17.4. The summed E-state index contributed by atoms with van der Waals surface area (Å²) >= 11 is 1.58. The fourth-order valence-electron chi connectivity index (χ4n) is 2.17. The van der Waals surface area contributed by atoms with Crippen LogP contribution in [0.25, 0.3) is 0 Å². The van der Waals surface area contributed by atoms with Crippen LogP contribution in [-0.2, 0) is 9.53 Å². The molecule has 0 unspecified atom stereocenters. The molecule has 0 saturated carbocycles. The topological polar surface area (TPSA) is 67.4 Å². The summed E-state index contributed by atoms with van der Waals surface area (Å²) in [5.41, 5.74) is 2.39. The van der Waals surface area contributed by atoms with E-state index >= 15 is 0 Å². The maximum Gasteiger partial charge on any atom is 0.337 e. The molecule has 1 aromatic rings. The van der Waals surface area contributed by atoms with Gasteiger partial charge in [-0.3, -0.25) is 0 Å². The molecule has 2 N–H and O–H groups in total. The lowest BCUT2D eigenvalue weighted by molar-refractivity contribution is -0.138. The summed E-state index contributed by atoms with van der Waals surface area (Å²) in [6, 6.07) is 8.05. The summed E-state index contributed by atoms with van der Waals surface area (Å²) < 4.78 is 5.04. The van der Waals surface area contributed by atoms with Crippen LogP contribution < -0.4 is 10.6 Å². The lowest BCUT2D eigenvalue weighted by atomic mass is 10.0. The third-order valence-corrected chi connectivity index (χ3v) is 4.54. The normalized spacial score (nSPS) is 14.5. The maximum absolute atomic E-state index is 12.0. The second-order valence-corrected chi connectivity index (χ2v) is 6.55. The number of urea groups is 1. The highest BCUT2D eigenvalue weighted by Gasteiger charge is 2.23. The van der Waals surface area contributed by atoms with Crippen LogP contribution in [0.3, 0.4) is 0 Å². The Hall–Kier alpha value is -1.95. The van der Waals surface area contributed by atoms with Gasteiger partial charge in [0.1, 0.15) is 0 Å². The predicted octanol–water partition coefficient (Wildman–Crippen LogP) is 3.03. The van der Waals surface area contributed by atoms with Gasteiger partial charge in [0.05, 0.1) is 18.7 Å².